The molecule has 0 radical (unpaired) electrons. The molecule has 468 valence electrons. The standard InChI is InChI=1S/C73H141NO5/c1-3-5-7-9-11-13-15-17-19-21-23-30-33-37-41-45-49-53-57-61-65-71(76)70(69-75)74-72(77)66-62-58-54-50-46-42-38-34-31-28-26-24-25-27-29-32-36-40-44-48-52-56-60-64-68-79-73(78)67-63-59-55-51-47-43-39-35-22-20-18-16-14-12-10-8-6-4-2/h20,22,61,65,70-71,75-76H,3-19,21,23-60,62-64,66-69H2,1-2H3,(H,74,77)/b22-20-,65-61+. The topological polar surface area (TPSA) is 95.9 Å². The Bertz CT molecular complexity index is 1230. The highest BCUT2D eigenvalue weighted by Gasteiger charge is 2.18. The van der Waals surface area contributed by atoms with Crippen LogP contribution in [0.1, 0.15) is 406 Å². The smallest absolute Gasteiger partial charge is 0.305 e. The third-order valence-corrected chi connectivity index (χ3v) is 17.0. The molecule has 0 fully saturated rings. The number of hydrogen-bond donors (Lipinski definition) is 3. The van der Waals surface area contributed by atoms with E-state index < -0.39 is 12.1 Å². The zero-order valence-corrected chi connectivity index (χ0v) is 53.6. The van der Waals surface area contributed by atoms with Gasteiger partial charge in [-0.1, -0.05) is 359 Å². The number of allylic oxidation sites excluding steroid dienone is 3. The number of hydrogen-bond acceptors (Lipinski definition) is 5. The number of esters is 1. The summed E-state index contributed by atoms with van der Waals surface area (Å²) in [7, 11) is 0. The fourth-order valence-electron chi connectivity index (χ4n) is 11.5. The summed E-state index contributed by atoms with van der Waals surface area (Å²) in [4.78, 5) is 24.6. The second-order valence-electron chi connectivity index (χ2n) is 24.9. The van der Waals surface area contributed by atoms with Crippen LogP contribution in [0.5, 0.6) is 0 Å². The van der Waals surface area contributed by atoms with Crippen LogP contribution in [0.4, 0.5) is 0 Å². The highest BCUT2D eigenvalue weighted by atomic mass is 16.5. The third kappa shape index (κ3) is 65.4. The average molecular weight is 1110 g/mol. The molecule has 6 heteroatoms. The van der Waals surface area contributed by atoms with Crippen molar-refractivity contribution in [2.45, 2.75) is 418 Å². The molecule has 0 aliphatic heterocycles. The van der Waals surface area contributed by atoms with Gasteiger partial charge in [-0.25, -0.2) is 0 Å². The summed E-state index contributed by atoms with van der Waals surface area (Å²) in [6, 6.07) is -0.628. The molecule has 79 heavy (non-hydrogen) atoms. The Kier molecular flexibility index (Phi) is 67.4. The molecular formula is C73H141NO5. The first kappa shape index (κ1) is 77.3. The lowest BCUT2D eigenvalue weighted by Gasteiger charge is -2.20. The van der Waals surface area contributed by atoms with Crippen LogP contribution in [-0.2, 0) is 14.3 Å². The predicted octanol–water partition coefficient (Wildman–Crippen LogP) is 23.3. The maximum Gasteiger partial charge on any atom is 0.305 e. The van der Waals surface area contributed by atoms with Crippen LogP contribution in [0.25, 0.3) is 0 Å². The van der Waals surface area contributed by atoms with E-state index in [9.17, 15) is 19.8 Å². The third-order valence-electron chi connectivity index (χ3n) is 17.0. The number of rotatable bonds is 68. The summed E-state index contributed by atoms with van der Waals surface area (Å²) < 4.78 is 5.51. The van der Waals surface area contributed by atoms with Gasteiger partial charge in [0.05, 0.1) is 25.4 Å². The van der Waals surface area contributed by atoms with Gasteiger partial charge in [0, 0.05) is 12.8 Å². The Balaban J connectivity index is 3.38. The second kappa shape index (κ2) is 68.8. The van der Waals surface area contributed by atoms with Crippen LogP contribution in [-0.4, -0.2) is 47.4 Å². The van der Waals surface area contributed by atoms with Gasteiger partial charge in [-0.3, -0.25) is 9.59 Å². The summed E-state index contributed by atoms with van der Waals surface area (Å²) in [5, 5.41) is 23.2. The molecule has 0 saturated carbocycles. The highest BCUT2D eigenvalue weighted by Crippen LogP contribution is 2.19. The molecule has 0 saturated heterocycles. The van der Waals surface area contributed by atoms with Crippen LogP contribution in [0.3, 0.4) is 0 Å². The molecule has 2 atom stereocenters. The van der Waals surface area contributed by atoms with E-state index in [2.05, 4.69) is 31.3 Å². The lowest BCUT2D eigenvalue weighted by atomic mass is 10.0. The number of carbonyl (C=O) groups excluding carboxylic acids is 2. The number of ether oxygens (including phenoxy) is 1. The minimum atomic E-state index is -0.844. The van der Waals surface area contributed by atoms with Crippen molar-refractivity contribution in [2.75, 3.05) is 13.2 Å². The van der Waals surface area contributed by atoms with Gasteiger partial charge in [0.1, 0.15) is 0 Å². The molecule has 0 aromatic heterocycles. The van der Waals surface area contributed by atoms with E-state index in [0.717, 1.165) is 44.9 Å². The maximum absolute atomic E-state index is 12.5. The molecular weight excluding hydrogens is 971 g/mol. The number of aliphatic hydroxyl groups is 2. The fraction of sp³-hybridized carbons (Fsp3) is 0.918. The van der Waals surface area contributed by atoms with Crippen molar-refractivity contribution in [3.8, 4) is 0 Å². The largest absolute Gasteiger partial charge is 0.466 e. The average Bonchev–Trinajstić information content (AvgIpc) is 3.45. The lowest BCUT2D eigenvalue weighted by molar-refractivity contribution is -0.143. The van der Waals surface area contributed by atoms with Crippen LogP contribution >= 0.6 is 0 Å². The normalized spacial score (nSPS) is 12.6. The Morgan fingerprint density at radius 2 is 0.595 bits per heavy atom. The zero-order valence-electron chi connectivity index (χ0n) is 53.6. The van der Waals surface area contributed by atoms with E-state index in [4.69, 9.17) is 4.74 Å². The van der Waals surface area contributed by atoms with Crippen molar-refractivity contribution >= 4 is 11.9 Å². The quantitative estimate of drug-likeness (QED) is 0.0320. The molecule has 0 aromatic carbocycles. The maximum atomic E-state index is 12.5. The Hall–Kier alpha value is -1.66. The Morgan fingerprint density at radius 1 is 0.342 bits per heavy atom. The molecule has 0 bridgehead atoms. The first-order chi connectivity index (χ1) is 39.0. The molecule has 0 heterocycles. The van der Waals surface area contributed by atoms with E-state index in [1.807, 2.05) is 6.08 Å². The van der Waals surface area contributed by atoms with E-state index in [1.54, 1.807) is 6.08 Å². The van der Waals surface area contributed by atoms with Crippen molar-refractivity contribution in [3.05, 3.63) is 24.3 Å². The monoisotopic (exact) mass is 1110 g/mol. The highest BCUT2D eigenvalue weighted by molar-refractivity contribution is 5.76. The van der Waals surface area contributed by atoms with E-state index in [0.29, 0.717) is 19.4 Å². The Labute approximate surface area is 494 Å². The summed E-state index contributed by atoms with van der Waals surface area (Å²) in [5.74, 6) is -0.0498. The van der Waals surface area contributed by atoms with Crippen molar-refractivity contribution < 1.29 is 24.5 Å². The molecule has 0 aliphatic rings. The number of aliphatic hydroxyl groups excluding tert-OH is 2. The van der Waals surface area contributed by atoms with Gasteiger partial charge in [0.2, 0.25) is 5.91 Å². The van der Waals surface area contributed by atoms with Crippen molar-refractivity contribution in [1.29, 1.82) is 0 Å². The van der Waals surface area contributed by atoms with Crippen molar-refractivity contribution in [1.82, 2.24) is 5.32 Å². The van der Waals surface area contributed by atoms with Crippen LogP contribution < -0.4 is 5.32 Å². The second-order valence-corrected chi connectivity index (χ2v) is 24.9. The van der Waals surface area contributed by atoms with Crippen LogP contribution in [0, 0.1) is 0 Å². The SMILES string of the molecule is CCCCCCCCC/C=C\CCCCCCCCCC(=O)OCCCCCCCCCCCCCCCCCCCCCCCCCCC(=O)NC(CO)C(O)/C=C/CCCCCCCCCCCCCCCCCCCC. The van der Waals surface area contributed by atoms with Gasteiger partial charge in [0.15, 0.2) is 0 Å². The summed E-state index contributed by atoms with van der Waals surface area (Å²) in [6.45, 7) is 4.94. The van der Waals surface area contributed by atoms with Gasteiger partial charge < -0.3 is 20.3 Å². The van der Waals surface area contributed by atoms with E-state index in [-0.39, 0.29) is 18.5 Å². The summed E-state index contributed by atoms with van der Waals surface area (Å²) in [5.41, 5.74) is 0. The predicted molar refractivity (Wildman–Crippen MR) is 347 cm³/mol. The first-order valence-electron chi connectivity index (χ1n) is 36.1. The number of amides is 1. The lowest BCUT2D eigenvalue weighted by Crippen LogP contribution is -2.45. The van der Waals surface area contributed by atoms with Gasteiger partial charge >= 0.3 is 5.97 Å². The molecule has 0 spiro atoms. The zero-order chi connectivity index (χ0) is 57.1. The minimum absolute atomic E-state index is 0.0130. The van der Waals surface area contributed by atoms with Gasteiger partial charge in [0.25, 0.3) is 0 Å². The fourth-order valence-corrected chi connectivity index (χ4v) is 11.5. The van der Waals surface area contributed by atoms with Gasteiger partial charge in [-0.05, 0) is 57.8 Å². The molecule has 0 aliphatic carbocycles. The molecule has 0 aromatic rings. The van der Waals surface area contributed by atoms with E-state index in [1.165, 1.54) is 334 Å². The molecule has 3 N–H and O–H groups in total. The molecule has 6 nitrogen and oxygen atoms in total. The van der Waals surface area contributed by atoms with Crippen molar-refractivity contribution in [2.24, 2.45) is 0 Å². The minimum Gasteiger partial charge on any atom is -0.466 e. The van der Waals surface area contributed by atoms with Gasteiger partial charge in [-0.15, -0.1) is 0 Å². The number of nitrogens with one attached hydrogen (secondary N) is 1. The van der Waals surface area contributed by atoms with Crippen LogP contribution in [0.15, 0.2) is 24.3 Å². The first-order valence-corrected chi connectivity index (χ1v) is 36.1. The summed E-state index contributed by atoms with van der Waals surface area (Å²) in [6.07, 6.45) is 86.9. The van der Waals surface area contributed by atoms with Gasteiger partial charge in [-0.2, -0.15) is 0 Å². The number of carbonyl (C=O) groups is 2. The van der Waals surface area contributed by atoms with Crippen molar-refractivity contribution in [3.63, 3.8) is 0 Å². The Morgan fingerprint density at radius 3 is 0.899 bits per heavy atom. The molecule has 0 rings (SSSR count). The molecule has 1 amide bonds. The van der Waals surface area contributed by atoms with E-state index >= 15 is 0 Å². The van der Waals surface area contributed by atoms with Crippen LogP contribution in [0.2, 0.25) is 0 Å². The molecule has 2 unspecified atom stereocenters. The summed E-state index contributed by atoms with van der Waals surface area (Å²) >= 11 is 0. The number of unbranched alkanes of at least 4 members (excludes halogenated alkanes) is 55.